The molecule has 1 N–H and O–H groups in total. The van der Waals surface area contributed by atoms with Crippen molar-refractivity contribution in [1.29, 1.82) is 0 Å². The van der Waals surface area contributed by atoms with Crippen molar-refractivity contribution in [2.24, 2.45) is 0 Å². The summed E-state index contributed by atoms with van der Waals surface area (Å²) in [4.78, 5) is 41.4. The molecule has 0 unspecified atom stereocenters. The molecule has 3 amide bonds. The van der Waals surface area contributed by atoms with Gasteiger partial charge in [-0.1, -0.05) is 0 Å². The van der Waals surface area contributed by atoms with E-state index in [9.17, 15) is 27.6 Å². The molecule has 136 valence electrons. The molecular weight excluding hydrogens is 363 g/mol. The third kappa shape index (κ3) is 2.73. The van der Waals surface area contributed by atoms with Crippen molar-refractivity contribution >= 4 is 34.3 Å². The molecule has 27 heavy (non-hydrogen) atoms. The van der Waals surface area contributed by atoms with Crippen LogP contribution in [0, 0.1) is 17.5 Å². The lowest BCUT2D eigenvalue weighted by atomic mass is 10.2. The van der Waals surface area contributed by atoms with E-state index in [2.05, 4.69) is 4.98 Å². The van der Waals surface area contributed by atoms with Gasteiger partial charge in [-0.3, -0.25) is 14.5 Å². The molecule has 9 heteroatoms. The lowest BCUT2D eigenvalue weighted by Gasteiger charge is -2.17. The molecule has 1 aliphatic heterocycles. The van der Waals surface area contributed by atoms with Crippen molar-refractivity contribution < 1.29 is 22.8 Å². The molecule has 0 radical (unpaired) electrons. The van der Waals surface area contributed by atoms with E-state index < -0.39 is 41.4 Å². The van der Waals surface area contributed by atoms with Gasteiger partial charge in [-0.15, -0.1) is 0 Å². The molecule has 4 rings (SSSR count). The van der Waals surface area contributed by atoms with Gasteiger partial charge in [-0.2, -0.15) is 0 Å². The molecule has 1 saturated heterocycles. The van der Waals surface area contributed by atoms with Crippen LogP contribution < -0.4 is 15.2 Å². The van der Waals surface area contributed by atoms with Crippen molar-refractivity contribution in [3.63, 3.8) is 0 Å². The van der Waals surface area contributed by atoms with Crippen molar-refractivity contribution in [3.05, 3.63) is 70.1 Å². The van der Waals surface area contributed by atoms with Crippen molar-refractivity contribution in [1.82, 2.24) is 4.98 Å². The Balaban J connectivity index is 1.77. The number of hydrogen-bond donors (Lipinski definition) is 1. The maximum atomic E-state index is 14.0. The van der Waals surface area contributed by atoms with Crippen LogP contribution in [0.3, 0.4) is 0 Å². The number of urea groups is 1. The monoisotopic (exact) mass is 373 g/mol. The molecule has 0 spiro atoms. The zero-order chi connectivity index (χ0) is 19.3. The van der Waals surface area contributed by atoms with E-state index in [1.165, 1.54) is 6.07 Å². The van der Waals surface area contributed by atoms with Crippen LogP contribution in [0.5, 0.6) is 0 Å². The fourth-order valence-electron chi connectivity index (χ4n) is 2.95. The van der Waals surface area contributed by atoms with Gasteiger partial charge in [0.05, 0.1) is 11.2 Å². The number of nitrogens with zero attached hydrogens (tertiary/aromatic N) is 2. The second-order valence-electron chi connectivity index (χ2n) is 5.90. The smallest absolute Gasteiger partial charge is 0.337 e. The van der Waals surface area contributed by atoms with Gasteiger partial charge in [0.2, 0.25) is 0 Å². The molecule has 1 fully saturated rings. The number of amides is 3. The van der Waals surface area contributed by atoms with E-state index in [-0.39, 0.29) is 22.4 Å². The number of H-pyrrole nitrogens is 1. The molecular formula is C18H10F3N3O3. The van der Waals surface area contributed by atoms with Crippen molar-refractivity contribution in [2.75, 3.05) is 16.3 Å². The number of carbonyl (C=O) groups is 2. The number of pyridine rings is 1. The van der Waals surface area contributed by atoms with Crippen LogP contribution in [0.2, 0.25) is 0 Å². The number of anilines is 2. The maximum Gasteiger partial charge on any atom is 0.337 e. The maximum absolute atomic E-state index is 14.0. The molecule has 1 aliphatic rings. The Bertz CT molecular complexity index is 1180. The van der Waals surface area contributed by atoms with E-state index in [0.29, 0.717) is 11.0 Å². The number of fused-ring (bicyclic) bond motifs is 1. The van der Waals surface area contributed by atoms with Crippen LogP contribution in [0.15, 0.2) is 47.3 Å². The van der Waals surface area contributed by atoms with Crippen LogP contribution >= 0.6 is 0 Å². The average Bonchev–Trinajstić information content (AvgIpc) is 2.90. The Hall–Kier alpha value is -3.62. The molecule has 2 aromatic carbocycles. The van der Waals surface area contributed by atoms with Gasteiger partial charge >= 0.3 is 6.03 Å². The van der Waals surface area contributed by atoms with Gasteiger partial charge in [0.25, 0.3) is 5.91 Å². The van der Waals surface area contributed by atoms with Gasteiger partial charge < -0.3 is 4.98 Å². The second-order valence-corrected chi connectivity index (χ2v) is 5.90. The molecule has 6 nitrogen and oxygen atoms in total. The summed E-state index contributed by atoms with van der Waals surface area (Å²) in [5.41, 5.74) is -0.626. The Morgan fingerprint density at radius 3 is 2.33 bits per heavy atom. The summed E-state index contributed by atoms with van der Waals surface area (Å²) in [5.74, 6) is -3.26. The number of imide groups is 1. The minimum atomic E-state index is -1.000. The largest absolute Gasteiger partial charge is 0.340 e. The molecule has 0 saturated carbocycles. The summed E-state index contributed by atoms with van der Waals surface area (Å²) in [6, 6.07) is 6.16. The number of halogens is 3. The number of aromatic amines is 1. The normalized spacial score (nSPS) is 14.5. The van der Waals surface area contributed by atoms with E-state index in [1.807, 2.05) is 0 Å². The second kappa shape index (κ2) is 5.97. The van der Waals surface area contributed by atoms with Crippen LogP contribution in [0.1, 0.15) is 0 Å². The van der Waals surface area contributed by atoms with Gasteiger partial charge in [-0.05, 0) is 30.3 Å². The van der Waals surface area contributed by atoms with Crippen LogP contribution in [0.25, 0.3) is 10.9 Å². The van der Waals surface area contributed by atoms with E-state index >= 15 is 0 Å². The van der Waals surface area contributed by atoms with E-state index in [4.69, 9.17) is 0 Å². The van der Waals surface area contributed by atoms with Gasteiger partial charge in [0, 0.05) is 17.5 Å². The standard InChI is InChI=1S/C18H10F3N3O3/c19-9-1-3-13-11(5-9)15(25)7-16(22-13)24-17(26)8-23(18(24)27)14-4-2-10(20)6-12(14)21/h1-7H,8H2,(H,22,25). The highest BCUT2D eigenvalue weighted by atomic mass is 19.1. The average molecular weight is 373 g/mol. The van der Waals surface area contributed by atoms with Crippen molar-refractivity contribution in [2.45, 2.75) is 0 Å². The zero-order valence-electron chi connectivity index (χ0n) is 13.5. The fraction of sp³-hybridized carbons (Fsp3) is 0.0556. The molecule has 0 bridgehead atoms. The van der Waals surface area contributed by atoms with E-state index in [0.717, 1.165) is 35.2 Å². The summed E-state index contributed by atoms with van der Waals surface area (Å²) >= 11 is 0. The minimum absolute atomic E-state index is 0.0549. The van der Waals surface area contributed by atoms with Gasteiger partial charge in [0.1, 0.15) is 29.8 Å². The first-order chi connectivity index (χ1) is 12.8. The Morgan fingerprint density at radius 1 is 0.889 bits per heavy atom. The summed E-state index contributed by atoms with van der Waals surface area (Å²) in [5, 5.41) is 0.0549. The number of benzene rings is 2. The molecule has 0 aliphatic carbocycles. The molecule has 2 heterocycles. The topological polar surface area (TPSA) is 73.5 Å². The van der Waals surface area contributed by atoms with Crippen molar-refractivity contribution in [3.8, 4) is 0 Å². The highest BCUT2D eigenvalue weighted by molar-refractivity contribution is 6.26. The van der Waals surface area contributed by atoms with Crippen LogP contribution in [-0.4, -0.2) is 23.5 Å². The number of aromatic nitrogens is 1. The molecule has 0 atom stereocenters. The van der Waals surface area contributed by atoms with E-state index in [1.54, 1.807) is 0 Å². The highest BCUT2D eigenvalue weighted by Crippen LogP contribution is 2.27. The lowest BCUT2D eigenvalue weighted by Crippen LogP contribution is -2.34. The summed E-state index contributed by atoms with van der Waals surface area (Å²) in [6.07, 6.45) is 0. The minimum Gasteiger partial charge on any atom is -0.340 e. The molecule has 1 aromatic heterocycles. The number of hydrogen-bond acceptors (Lipinski definition) is 3. The van der Waals surface area contributed by atoms with Crippen LogP contribution in [-0.2, 0) is 4.79 Å². The Labute approximate surface area is 149 Å². The lowest BCUT2D eigenvalue weighted by molar-refractivity contribution is -0.115. The van der Waals surface area contributed by atoms with Gasteiger partial charge in [0.15, 0.2) is 5.43 Å². The number of carbonyl (C=O) groups excluding carboxylic acids is 2. The zero-order valence-corrected chi connectivity index (χ0v) is 13.5. The highest BCUT2D eigenvalue weighted by Gasteiger charge is 2.39. The SMILES string of the molecule is O=C1CN(c2ccc(F)cc2F)C(=O)N1c1cc(=O)c2cc(F)ccc2[nH]1. The molecule has 3 aromatic rings. The predicted octanol–water partition coefficient (Wildman–Crippen LogP) is 2.92. The first-order valence-corrected chi connectivity index (χ1v) is 7.77. The number of rotatable bonds is 2. The number of nitrogens with one attached hydrogen (secondary N) is 1. The predicted molar refractivity (Wildman–Crippen MR) is 91.1 cm³/mol. The fourth-order valence-corrected chi connectivity index (χ4v) is 2.95. The summed E-state index contributed by atoms with van der Waals surface area (Å²) < 4.78 is 40.4. The van der Waals surface area contributed by atoms with Gasteiger partial charge in [-0.25, -0.2) is 22.9 Å². The first kappa shape index (κ1) is 16.8. The third-order valence-electron chi connectivity index (χ3n) is 4.18. The summed E-state index contributed by atoms with van der Waals surface area (Å²) in [7, 11) is 0. The summed E-state index contributed by atoms with van der Waals surface area (Å²) in [6.45, 7) is -0.481. The van der Waals surface area contributed by atoms with Crippen LogP contribution in [0.4, 0.5) is 29.5 Å². The Morgan fingerprint density at radius 2 is 1.59 bits per heavy atom. The quantitative estimate of drug-likeness (QED) is 0.702. The Kier molecular flexibility index (Phi) is 3.72. The third-order valence-corrected chi connectivity index (χ3v) is 4.18. The first-order valence-electron chi connectivity index (χ1n) is 7.77.